The van der Waals surface area contributed by atoms with Gasteiger partial charge in [-0.3, -0.25) is 9.59 Å². The van der Waals surface area contributed by atoms with Crippen molar-refractivity contribution < 1.29 is 24.3 Å². The van der Waals surface area contributed by atoms with Crippen molar-refractivity contribution in [2.75, 3.05) is 13.2 Å². The SMILES string of the molecule is CCCCCCCCC=CC(=O)N(CCCC(=O)O)OC1CCCCO1. The Labute approximate surface area is 157 Å². The molecule has 26 heavy (non-hydrogen) atoms. The van der Waals surface area contributed by atoms with Crippen LogP contribution in [0.15, 0.2) is 12.2 Å². The van der Waals surface area contributed by atoms with Crippen LogP contribution < -0.4 is 0 Å². The largest absolute Gasteiger partial charge is 0.481 e. The number of hydrogen-bond acceptors (Lipinski definition) is 4. The molecule has 6 heteroatoms. The number of nitrogens with zero attached hydrogens (tertiary/aromatic N) is 1. The lowest BCUT2D eigenvalue weighted by molar-refractivity contribution is -0.277. The van der Waals surface area contributed by atoms with E-state index in [2.05, 4.69) is 6.92 Å². The fourth-order valence-electron chi connectivity index (χ4n) is 2.83. The Morgan fingerprint density at radius 3 is 2.62 bits per heavy atom. The zero-order valence-electron chi connectivity index (χ0n) is 16.2. The van der Waals surface area contributed by atoms with Gasteiger partial charge in [0.15, 0.2) is 6.29 Å². The van der Waals surface area contributed by atoms with Crippen LogP contribution in [-0.4, -0.2) is 41.5 Å². The third-order valence-corrected chi connectivity index (χ3v) is 4.37. The van der Waals surface area contributed by atoms with E-state index in [1.807, 2.05) is 6.08 Å². The molecule has 0 aliphatic carbocycles. The Balaban J connectivity index is 2.35. The molecule has 1 rings (SSSR count). The van der Waals surface area contributed by atoms with E-state index < -0.39 is 12.3 Å². The zero-order chi connectivity index (χ0) is 19.0. The molecular formula is C20H35NO5. The number of carboxylic acids is 1. The average Bonchev–Trinajstić information content (AvgIpc) is 2.63. The predicted octanol–water partition coefficient (Wildman–Crippen LogP) is 4.44. The summed E-state index contributed by atoms with van der Waals surface area (Å²) in [6.07, 6.45) is 14.4. The monoisotopic (exact) mass is 369 g/mol. The van der Waals surface area contributed by atoms with Crippen LogP contribution in [0.25, 0.3) is 0 Å². The fourth-order valence-corrected chi connectivity index (χ4v) is 2.83. The number of aliphatic carboxylic acids is 1. The molecule has 0 spiro atoms. The molecular weight excluding hydrogens is 334 g/mol. The second-order valence-corrected chi connectivity index (χ2v) is 6.80. The fraction of sp³-hybridized carbons (Fsp3) is 0.800. The Kier molecular flexibility index (Phi) is 12.8. The molecule has 1 amide bonds. The highest BCUT2D eigenvalue weighted by atomic mass is 16.8. The van der Waals surface area contributed by atoms with Gasteiger partial charge in [-0.2, -0.15) is 0 Å². The molecule has 1 aliphatic rings. The van der Waals surface area contributed by atoms with Crippen molar-refractivity contribution in [3.63, 3.8) is 0 Å². The molecule has 0 aromatic rings. The molecule has 1 N–H and O–H groups in total. The number of hydroxylamine groups is 2. The van der Waals surface area contributed by atoms with Crippen molar-refractivity contribution in [2.24, 2.45) is 0 Å². The van der Waals surface area contributed by atoms with Gasteiger partial charge in [0.25, 0.3) is 5.91 Å². The number of unbranched alkanes of at least 4 members (excludes halogenated alkanes) is 6. The number of carboxylic acid groups (broad SMARTS) is 1. The van der Waals surface area contributed by atoms with Gasteiger partial charge in [0.2, 0.25) is 0 Å². The standard InChI is InChI=1S/C20H35NO5/c1-2-3-4-5-6-7-8-9-13-18(22)21(16-12-14-19(23)24)26-20-15-10-11-17-25-20/h9,13,20H,2-8,10-12,14-17H2,1H3,(H,23,24). The van der Waals surface area contributed by atoms with Crippen molar-refractivity contribution in [2.45, 2.75) is 90.3 Å². The van der Waals surface area contributed by atoms with Gasteiger partial charge in [0.1, 0.15) is 0 Å². The van der Waals surface area contributed by atoms with Gasteiger partial charge in [0, 0.05) is 32.1 Å². The van der Waals surface area contributed by atoms with Crippen molar-refractivity contribution in [3.8, 4) is 0 Å². The molecule has 1 unspecified atom stereocenters. The number of allylic oxidation sites excluding steroid dienone is 1. The molecule has 150 valence electrons. The van der Waals surface area contributed by atoms with E-state index in [0.29, 0.717) is 13.0 Å². The first kappa shape index (κ1) is 22.6. The summed E-state index contributed by atoms with van der Waals surface area (Å²) >= 11 is 0. The lowest BCUT2D eigenvalue weighted by Gasteiger charge is -2.28. The van der Waals surface area contributed by atoms with Gasteiger partial charge in [-0.25, -0.2) is 9.90 Å². The molecule has 0 saturated carbocycles. The summed E-state index contributed by atoms with van der Waals surface area (Å²) < 4.78 is 5.52. The van der Waals surface area contributed by atoms with Crippen molar-refractivity contribution in [1.82, 2.24) is 5.06 Å². The van der Waals surface area contributed by atoms with Crippen molar-refractivity contribution >= 4 is 11.9 Å². The van der Waals surface area contributed by atoms with Crippen LogP contribution in [0.4, 0.5) is 0 Å². The maximum absolute atomic E-state index is 12.4. The highest BCUT2D eigenvalue weighted by Gasteiger charge is 2.21. The van der Waals surface area contributed by atoms with E-state index in [0.717, 1.165) is 32.1 Å². The molecule has 1 heterocycles. The quantitative estimate of drug-likeness (QED) is 0.278. The highest BCUT2D eigenvalue weighted by Crippen LogP contribution is 2.16. The lowest BCUT2D eigenvalue weighted by atomic mass is 10.1. The van der Waals surface area contributed by atoms with E-state index in [4.69, 9.17) is 14.7 Å². The molecule has 1 saturated heterocycles. The average molecular weight is 370 g/mol. The smallest absolute Gasteiger partial charge is 0.303 e. The minimum Gasteiger partial charge on any atom is -0.481 e. The minimum absolute atomic E-state index is 0.0140. The topological polar surface area (TPSA) is 76.1 Å². The van der Waals surface area contributed by atoms with Gasteiger partial charge in [-0.1, -0.05) is 45.1 Å². The Bertz CT molecular complexity index is 418. The van der Waals surface area contributed by atoms with Crippen molar-refractivity contribution in [3.05, 3.63) is 12.2 Å². The maximum atomic E-state index is 12.4. The van der Waals surface area contributed by atoms with Crippen LogP contribution in [-0.2, 0) is 19.2 Å². The second-order valence-electron chi connectivity index (χ2n) is 6.80. The van der Waals surface area contributed by atoms with Gasteiger partial charge < -0.3 is 9.84 Å². The van der Waals surface area contributed by atoms with Gasteiger partial charge in [-0.15, -0.1) is 0 Å². The first-order chi connectivity index (χ1) is 12.6. The van der Waals surface area contributed by atoms with E-state index in [-0.39, 0.29) is 18.9 Å². The summed E-state index contributed by atoms with van der Waals surface area (Å²) in [7, 11) is 0. The Morgan fingerprint density at radius 2 is 1.92 bits per heavy atom. The highest BCUT2D eigenvalue weighted by molar-refractivity contribution is 5.86. The number of hydrogen-bond donors (Lipinski definition) is 1. The maximum Gasteiger partial charge on any atom is 0.303 e. The Morgan fingerprint density at radius 1 is 1.15 bits per heavy atom. The lowest BCUT2D eigenvalue weighted by Crippen LogP contribution is -2.37. The van der Waals surface area contributed by atoms with Crippen LogP contribution in [0.1, 0.15) is 84.0 Å². The summed E-state index contributed by atoms with van der Waals surface area (Å²) in [5.74, 6) is -1.11. The summed E-state index contributed by atoms with van der Waals surface area (Å²) in [5.41, 5.74) is 0. The first-order valence-electron chi connectivity index (χ1n) is 10.1. The summed E-state index contributed by atoms with van der Waals surface area (Å²) in [4.78, 5) is 28.7. The molecule has 0 aromatic carbocycles. The van der Waals surface area contributed by atoms with Gasteiger partial charge in [0.05, 0.1) is 0 Å². The van der Waals surface area contributed by atoms with E-state index in [1.165, 1.54) is 43.2 Å². The van der Waals surface area contributed by atoms with E-state index >= 15 is 0 Å². The number of carbonyl (C=O) groups is 2. The third kappa shape index (κ3) is 11.3. The number of rotatable bonds is 14. The Hall–Kier alpha value is -1.40. The van der Waals surface area contributed by atoms with Crippen LogP contribution in [0.5, 0.6) is 0 Å². The number of carbonyl (C=O) groups excluding carboxylic acids is 1. The second kappa shape index (κ2) is 14.7. The molecule has 6 nitrogen and oxygen atoms in total. The van der Waals surface area contributed by atoms with Crippen LogP contribution >= 0.6 is 0 Å². The van der Waals surface area contributed by atoms with Crippen LogP contribution in [0.2, 0.25) is 0 Å². The predicted molar refractivity (Wildman–Crippen MR) is 100 cm³/mol. The van der Waals surface area contributed by atoms with Gasteiger partial charge >= 0.3 is 5.97 Å². The molecule has 0 radical (unpaired) electrons. The summed E-state index contributed by atoms with van der Waals surface area (Å²) in [6.45, 7) is 3.10. The molecule has 0 aromatic heterocycles. The molecule has 1 fully saturated rings. The summed E-state index contributed by atoms with van der Waals surface area (Å²) in [6, 6.07) is 0. The zero-order valence-corrected chi connectivity index (χ0v) is 16.2. The van der Waals surface area contributed by atoms with Crippen LogP contribution in [0.3, 0.4) is 0 Å². The number of amides is 1. The number of ether oxygens (including phenoxy) is 1. The van der Waals surface area contributed by atoms with E-state index in [1.54, 1.807) is 0 Å². The molecule has 1 atom stereocenters. The van der Waals surface area contributed by atoms with Gasteiger partial charge in [-0.05, 0) is 32.1 Å². The first-order valence-corrected chi connectivity index (χ1v) is 10.1. The third-order valence-electron chi connectivity index (χ3n) is 4.37. The summed E-state index contributed by atoms with van der Waals surface area (Å²) in [5, 5.41) is 10.0. The molecule has 0 bridgehead atoms. The van der Waals surface area contributed by atoms with Crippen LogP contribution in [0, 0.1) is 0 Å². The normalized spacial score (nSPS) is 17.5. The minimum atomic E-state index is -0.870. The van der Waals surface area contributed by atoms with E-state index in [9.17, 15) is 9.59 Å². The van der Waals surface area contributed by atoms with Crippen molar-refractivity contribution in [1.29, 1.82) is 0 Å². The molecule has 1 aliphatic heterocycles.